The molecule has 5 nitrogen and oxygen atoms in total. The van der Waals surface area contributed by atoms with Crippen LogP contribution in [-0.2, 0) is 13.1 Å². The highest BCUT2D eigenvalue weighted by molar-refractivity contribution is 5.97. The van der Waals surface area contributed by atoms with Crippen LogP contribution in [0.4, 0.5) is 4.39 Å². The average molecular weight is 325 g/mol. The molecular formula is C18H16FN3O2. The van der Waals surface area contributed by atoms with E-state index in [0.717, 1.165) is 0 Å². The summed E-state index contributed by atoms with van der Waals surface area (Å²) in [7, 11) is 0. The molecule has 1 amide bonds. The molecule has 24 heavy (non-hydrogen) atoms. The smallest absolute Gasteiger partial charge is 0.257 e. The van der Waals surface area contributed by atoms with Crippen molar-refractivity contribution in [1.82, 2.24) is 14.9 Å². The van der Waals surface area contributed by atoms with Crippen LogP contribution in [0.1, 0.15) is 23.0 Å². The van der Waals surface area contributed by atoms with Crippen LogP contribution in [0.3, 0.4) is 0 Å². The summed E-state index contributed by atoms with van der Waals surface area (Å²) in [6, 6.07) is 9.39. The molecule has 0 radical (unpaired) electrons. The van der Waals surface area contributed by atoms with Gasteiger partial charge in [0.1, 0.15) is 11.4 Å². The molecule has 2 heterocycles. The van der Waals surface area contributed by atoms with Crippen LogP contribution < -0.4 is 10.7 Å². The van der Waals surface area contributed by atoms with E-state index < -0.39 is 17.2 Å². The molecule has 0 saturated carbocycles. The zero-order valence-electron chi connectivity index (χ0n) is 13.1. The Kier molecular flexibility index (Phi) is 4.37. The van der Waals surface area contributed by atoms with Crippen molar-refractivity contribution >= 4 is 16.8 Å². The van der Waals surface area contributed by atoms with Gasteiger partial charge < -0.3 is 9.88 Å². The second-order valence-corrected chi connectivity index (χ2v) is 5.32. The summed E-state index contributed by atoms with van der Waals surface area (Å²) in [5, 5.41) is 2.87. The minimum absolute atomic E-state index is 0.00844. The lowest BCUT2D eigenvalue weighted by Gasteiger charge is -2.12. The van der Waals surface area contributed by atoms with Crippen LogP contribution in [0.15, 0.2) is 53.6 Å². The highest BCUT2D eigenvalue weighted by Crippen LogP contribution is 2.14. The molecular weight excluding hydrogens is 309 g/mol. The fourth-order valence-corrected chi connectivity index (χ4v) is 2.56. The number of carbonyl (C=O) groups is 1. The van der Waals surface area contributed by atoms with Gasteiger partial charge in [-0.25, -0.2) is 4.39 Å². The van der Waals surface area contributed by atoms with E-state index in [-0.39, 0.29) is 17.5 Å². The Bertz CT molecular complexity index is 952. The van der Waals surface area contributed by atoms with Gasteiger partial charge in [0.2, 0.25) is 5.43 Å². The zero-order chi connectivity index (χ0) is 17.1. The molecule has 0 saturated heterocycles. The van der Waals surface area contributed by atoms with Crippen molar-refractivity contribution in [1.29, 1.82) is 0 Å². The SMILES string of the molecule is CCn1cc(C(=O)NCc2ccccn2)c(=O)c2cc(F)ccc21. The van der Waals surface area contributed by atoms with E-state index in [9.17, 15) is 14.0 Å². The number of carbonyl (C=O) groups excluding carboxylic acids is 1. The lowest BCUT2D eigenvalue weighted by atomic mass is 10.1. The topological polar surface area (TPSA) is 64.0 Å². The number of halogens is 1. The van der Waals surface area contributed by atoms with E-state index in [1.807, 2.05) is 13.0 Å². The Morgan fingerprint density at radius 2 is 2.12 bits per heavy atom. The number of fused-ring (bicyclic) bond motifs is 1. The van der Waals surface area contributed by atoms with Crippen molar-refractivity contribution in [3.63, 3.8) is 0 Å². The van der Waals surface area contributed by atoms with Gasteiger partial charge in [-0.05, 0) is 37.3 Å². The van der Waals surface area contributed by atoms with Crippen molar-refractivity contribution in [2.24, 2.45) is 0 Å². The van der Waals surface area contributed by atoms with Crippen molar-refractivity contribution in [3.8, 4) is 0 Å². The summed E-state index contributed by atoms with van der Waals surface area (Å²) < 4.78 is 15.3. The Hall–Kier alpha value is -3.02. The molecule has 1 N–H and O–H groups in total. The minimum Gasteiger partial charge on any atom is -0.347 e. The number of hydrogen-bond donors (Lipinski definition) is 1. The first-order valence-corrected chi connectivity index (χ1v) is 7.61. The quantitative estimate of drug-likeness (QED) is 0.801. The maximum absolute atomic E-state index is 13.5. The second-order valence-electron chi connectivity index (χ2n) is 5.32. The number of rotatable bonds is 4. The number of nitrogens with one attached hydrogen (secondary N) is 1. The third kappa shape index (κ3) is 3.03. The Morgan fingerprint density at radius 1 is 1.29 bits per heavy atom. The fraction of sp³-hybridized carbons (Fsp3) is 0.167. The minimum atomic E-state index is -0.506. The maximum atomic E-state index is 13.5. The Balaban J connectivity index is 1.98. The number of amides is 1. The summed E-state index contributed by atoms with van der Waals surface area (Å²) in [5.74, 6) is -1.01. The molecule has 0 unspecified atom stereocenters. The van der Waals surface area contributed by atoms with Crippen molar-refractivity contribution < 1.29 is 9.18 Å². The molecule has 2 aromatic heterocycles. The number of nitrogens with zero attached hydrogens (tertiary/aromatic N) is 2. The van der Waals surface area contributed by atoms with Gasteiger partial charge in [0.25, 0.3) is 5.91 Å². The Morgan fingerprint density at radius 3 is 2.83 bits per heavy atom. The van der Waals surface area contributed by atoms with Crippen molar-refractivity contribution in [2.45, 2.75) is 20.0 Å². The summed E-state index contributed by atoms with van der Waals surface area (Å²) in [6.45, 7) is 2.66. The van der Waals surface area contributed by atoms with Gasteiger partial charge >= 0.3 is 0 Å². The van der Waals surface area contributed by atoms with E-state index in [4.69, 9.17) is 0 Å². The third-order valence-electron chi connectivity index (χ3n) is 3.78. The van der Waals surface area contributed by atoms with E-state index in [0.29, 0.717) is 17.8 Å². The first kappa shape index (κ1) is 15.9. The van der Waals surface area contributed by atoms with Crippen molar-refractivity contribution in [2.75, 3.05) is 0 Å². The molecule has 3 aromatic rings. The molecule has 3 rings (SSSR count). The molecule has 0 aliphatic rings. The lowest BCUT2D eigenvalue weighted by Crippen LogP contribution is -2.29. The van der Waals surface area contributed by atoms with Crippen LogP contribution in [0.2, 0.25) is 0 Å². The number of hydrogen-bond acceptors (Lipinski definition) is 3. The summed E-state index contributed by atoms with van der Waals surface area (Å²) in [4.78, 5) is 29.0. The lowest BCUT2D eigenvalue weighted by molar-refractivity contribution is 0.0949. The molecule has 0 aliphatic heterocycles. The standard InChI is InChI=1S/C18H16FN3O2/c1-2-22-11-15(17(23)14-9-12(19)6-7-16(14)22)18(24)21-10-13-5-3-4-8-20-13/h3-9,11H,2,10H2,1H3,(H,21,24). The van der Waals surface area contributed by atoms with Crippen LogP contribution in [0.25, 0.3) is 10.9 Å². The molecule has 0 atom stereocenters. The zero-order valence-corrected chi connectivity index (χ0v) is 13.1. The summed E-state index contributed by atoms with van der Waals surface area (Å²) in [5.41, 5.74) is 0.803. The van der Waals surface area contributed by atoms with Crippen LogP contribution >= 0.6 is 0 Å². The number of pyridine rings is 2. The molecule has 0 bridgehead atoms. The largest absolute Gasteiger partial charge is 0.347 e. The van der Waals surface area contributed by atoms with Crippen LogP contribution in [0, 0.1) is 5.82 Å². The predicted molar refractivity (Wildman–Crippen MR) is 89.2 cm³/mol. The van der Waals surface area contributed by atoms with Gasteiger partial charge in [-0.2, -0.15) is 0 Å². The van der Waals surface area contributed by atoms with Crippen LogP contribution in [-0.4, -0.2) is 15.5 Å². The molecule has 1 aromatic carbocycles. The van der Waals surface area contributed by atoms with Crippen LogP contribution in [0.5, 0.6) is 0 Å². The molecule has 0 aliphatic carbocycles. The first-order valence-electron chi connectivity index (χ1n) is 7.61. The summed E-state index contributed by atoms with van der Waals surface area (Å²) in [6.07, 6.45) is 3.14. The van der Waals surface area contributed by atoms with Gasteiger partial charge in [0.05, 0.1) is 17.8 Å². The molecule has 6 heteroatoms. The number of aromatic nitrogens is 2. The monoisotopic (exact) mass is 325 g/mol. The van der Waals surface area contributed by atoms with Gasteiger partial charge in [0.15, 0.2) is 0 Å². The highest BCUT2D eigenvalue weighted by Gasteiger charge is 2.15. The molecule has 0 fully saturated rings. The van der Waals surface area contributed by atoms with E-state index >= 15 is 0 Å². The van der Waals surface area contributed by atoms with Crippen molar-refractivity contribution in [3.05, 3.63) is 76.1 Å². The second kappa shape index (κ2) is 6.62. The van der Waals surface area contributed by atoms with Gasteiger partial charge in [-0.3, -0.25) is 14.6 Å². The normalized spacial score (nSPS) is 10.8. The van der Waals surface area contributed by atoms with E-state index in [1.165, 1.54) is 18.3 Å². The van der Waals surface area contributed by atoms with E-state index in [2.05, 4.69) is 10.3 Å². The number of aryl methyl sites for hydroxylation is 1. The molecule has 122 valence electrons. The van der Waals surface area contributed by atoms with Gasteiger partial charge in [-0.1, -0.05) is 6.07 Å². The Labute approximate surface area is 137 Å². The van der Waals surface area contributed by atoms with Gasteiger partial charge in [-0.15, -0.1) is 0 Å². The van der Waals surface area contributed by atoms with Gasteiger partial charge in [0, 0.05) is 24.3 Å². The number of benzene rings is 1. The molecule has 0 spiro atoms. The fourth-order valence-electron chi connectivity index (χ4n) is 2.56. The highest BCUT2D eigenvalue weighted by atomic mass is 19.1. The predicted octanol–water partition coefficient (Wildman–Crippen LogP) is 2.49. The maximum Gasteiger partial charge on any atom is 0.257 e. The van der Waals surface area contributed by atoms with E-state index in [1.54, 1.807) is 29.0 Å². The summed E-state index contributed by atoms with van der Waals surface area (Å²) >= 11 is 0. The average Bonchev–Trinajstić information content (AvgIpc) is 2.61. The third-order valence-corrected chi connectivity index (χ3v) is 3.78. The first-order chi connectivity index (χ1) is 11.6.